The van der Waals surface area contributed by atoms with E-state index in [2.05, 4.69) is 47.5 Å². The van der Waals surface area contributed by atoms with E-state index in [0.29, 0.717) is 29.9 Å². The van der Waals surface area contributed by atoms with E-state index < -0.39 is 11.9 Å². The second-order valence-corrected chi connectivity index (χ2v) is 9.32. The van der Waals surface area contributed by atoms with Gasteiger partial charge in [0.15, 0.2) is 0 Å². The molecule has 0 heterocycles. The number of rotatable bonds is 17. The molecule has 2 N–H and O–H groups in total. The number of carbonyl (C=O) groups is 5. The Kier molecular flexibility index (Phi) is 34.1. The van der Waals surface area contributed by atoms with Gasteiger partial charge in [0.1, 0.15) is 6.61 Å². The number of methoxy groups -OCH3 is 1. The predicted octanol–water partition coefficient (Wildman–Crippen LogP) is 5.83. The van der Waals surface area contributed by atoms with Crippen molar-refractivity contribution in [2.24, 2.45) is 0 Å². The SMILES string of the molecule is C=C(C)C(=O)OC.C=C(C)C(=O)OCC.C=C(C)C(=O)OCCCCCCCC.C=C(CC=C(C)C(=O)O)C(=O)OCCO. The Hall–Kier alpha value is -3.99. The molecule has 0 rings (SSSR count). The molecule has 11 nitrogen and oxygen atoms in total. The maximum atomic E-state index is 11.1. The van der Waals surface area contributed by atoms with Gasteiger partial charge in [-0.05, 0) is 47.5 Å². The number of hydrogen-bond donors (Lipinski definition) is 2. The first-order valence-corrected chi connectivity index (χ1v) is 14.3. The summed E-state index contributed by atoms with van der Waals surface area (Å²) in [5.41, 5.74) is 1.67. The van der Waals surface area contributed by atoms with Crippen molar-refractivity contribution in [1.82, 2.24) is 0 Å². The lowest BCUT2D eigenvalue weighted by Crippen LogP contribution is -2.10. The lowest BCUT2D eigenvalue weighted by atomic mass is 10.1. The first-order valence-electron chi connectivity index (χ1n) is 14.3. The monoisotopic (exact) mass is 626 g/mol. The van der Waals surface area contributed by atoms with Crippen LogP contribution in [0.2, 0.25) is 0 Å². The summed E-state index contributed by atoms with van der Waals surface area (Å²) in [5.74, 6) is -2.59. The number of esters is 4. The molecule has 0 aliphatic carbocycles. The summed E-state index contributed by atoms with van der Waals surface area (Å²) < 4.78 is 18.4. The Balaban J connectivity index is -0.000000255. The zero-order valence-electron chi connectivity index (χ0n) is 27.8. The third-order valence-corrected chi connectivity index (χ3v) is 4.84. The van der Waals surface area contributed by atoms with E-state index in [1.165, 1.54) is 45.8 Å². The summed E-state index contributed by atoms with van der Waals surface area (Å²) in [6.45, 7) is 24.6. The predicted molar refractivity (Wildman–Crippen MR) is 171 cm³/mol. The summed E-state index contributed by atoms with van der Waals surface area (Å²) in [4.78, 5) is 53.0. The smallest absolute Gasteiger partial charge is 0.333 e. The molecule has 0 aliphatic heterocycles. The fourth-order valence-corrected chi connectivity index (χ4v) is 2.29. The van der Waals surface area contributed by atoms with Crippen LogP contribution < -0.4 is 0 Å². The highest BCUT2D eigenvalue weighted by Gasteiger charge is 2.08. The molecule has 0 atom stereocenters. The Morgan fingerprint density at radius 2 is 1.11 bits per heavy atom. The van der Waals surface area contributed by atoms with Crippen molar-refractivity contribution < 1.29 is 53.1 Å². The molecule has 0 amide bonds. The van der Waals surface area contributed by atoms with Gasteiger partial charge in [0.25, 0.3) is 0 Å². The number of carboxylic acids is 1. The molecule has 0 bridgehead atoms. The summed E-state index contributed by atoms with van der Waals surface area (Å²) >= 11 is 0. The first kappa shape index (κ1) is 47.0. The maximum absolute atomic E-state index is 11.1. The highest BCUT2D eigenvalue weighted by Crippen LogP contribution is 2.06. The molecule has 252 valence electrons. The molecule has 0 unspecified atom stereocenters. The van der Waals surface area contributed by atoms with Crippen LogP contribution >= 0.6 is 0 Å². The number of hydrogen-bond acceptors (Lipinski definition) is 10. The summed E-state index contributed by atoms with van der Waals surface area (Å²) in [5, 5.41) is 16.9. The fraction of sp³-hybridized carbons (Fsp3) is 0.545. The second kappa shape index (κ2) is 31.9. The molecular weight excluding hydrogens is 572 g/mol. The number of ether oxygens (including phenoxy) is 4. The Labute approximate surface area is 263 Å². The van der Waals surface area contributed by atoms with E-state index in [9.17, 15) is 24.0 Å². The summed E-state index contributed by atoms with van der Waals surface area (Å²) in [6, 6.07) is 0. The van der Waals surface area contributed by atoms with Gasteiger partial charge < -0.3 is 29.2 Å². The first-order chi connectivity index (χ1) is 20.5. The molecule has 0 aromatic carbocycles. The van der Waals surface area contributed by atoms with Gasteiger partial charge in [-0.15, -0.1) is 0 Å². The van der Waals surface area contributed by atoms with Gasteiger partial charge in [-0.3, -0.25) is 0 Å². The average molecular weight is 627 g/mol. The number of unbranched alkanes of at least 4 members (excludes halogenated alkanes) is 5. The molecule has 0 radical (unpaired) electrons. The van der Waals surface area contributed by atoms with Gasteiger partial charge in [-0.2, -0.15) is 0 Å². The van der Waals surface area contributed by atoms with Gasteiger partial charge in [-0.1, -0.05) is 71.4 Å². The number of aliphatic carboxylic acids is 1. The summed E-state index contributed by atoms with van der Waals surface area (Å²) in [6.07, 6.45) is 8.76. The third-order valence-electron chi connectivity index (χ3n) is 4.84. The third kappa shape index (κ3) is 34.2. The quantitative estimate of drug-likeness (QED) is 0.0865. The van der Waals surface area contributed by atoms with E-state index in [1.54, 1.807) is 27.7 Å². The van der Waals surface area contributed by atoms with Crippen LogP contribution in [0, 0.1) is 0 Å². The van der Waals surface area contributed by atoms with E-state index in [-0.39, 0.29) is 48.7 Å². The maximum Gasteiger partial charge on any atom is 0.333 e. The van der Waals surface area contributed by atoms with Gasteiger partial charge >= 0.3 is 29.8 Å². The van der Waals surface area contributed by atoms with Crippen molar-refractivity contribution in [2.75, 3.05) is 33.5 Å². The largest absolute Gasteiger partial charge is 0.478 e. The van der Waals surface area contributed by atoms with Gasteiger partial charge in [0.05, 0.1) is 26.9 Å². The van der Waals surface area contributed by atoms with E-state index in [0.717, 1.165) is 12.8 Å². The minimum Gasteiger partial charge on any atom is -0.478 e. The van der Waals surface area contributed by atoms with E-state index >= 15 is 0 Å². The highest BCUT2D eigenvalue weighted by atomic mass is 16.5. The molecule has 11 heteroatoms. The normalized spacial score (nSPS) is 9.59. The number of aliphatic hydroxyl groups is 1. The number of carboxylic acid groups (broad SMARTS) is 1. The number of aliphatic hydroxyl groups excluding tert-OH is 1. The molecule has 0 aromatic heterocycles. The zero-order valence-corrected chi connectivity index (χ0v) is 27.8. The molecule has 0 saturated heterocycles. The molecule has 44 heavy (non-hydrogen) atoms. The van der Waals surface area contributed by atoms with Gasteiger partial charge in [0.2, 0.25) is 0 Å². The molecule has 0 aliphatic rings. The minimum atomic E-state index is -1.04. The van der Waals surface area contributed by atoms with Crippen LogP contribution in [-0.4, -0.2) is 73.6 Å². The van der Waals surface area contributed by atoms with E-state index in [4.69, 9.17) is 14.9 Å². The van der Waals surface area contributed by atoms with Crippen molar-refractivity contribution in [3.05, 3.63) is 60.3 Å². The molecular formula is C33H54O11. The van der Waals surface area contributed by atoms with Crippen molar-refractivity contribution >= 4 is 29.8 Å². The number of allylic oxidation sites excluding steroid dienone is 1. The van der Waals surface area contributed by atoms with Crippen LogP contribution in [0.5, 0.6) is 0 Å². The molecule has 0 spiro atoms. The lowest BCUT2D eigenvalue weighted by molar-refractivity contribution is -0.140. The van der Waals surface area contributed by atoms with Crippen LogP contribution in [0.15, 0.2) is 60.3 Å². The van der Waals surface area contributed by atoms with Crippen molar-refractivity contribution in [1.29, 1.82) is 0 Å². The van der Waals surface area contributed by atoms with Crippen LogP contribution in [0.3, 0.4) is 0 Å². The fourth-order valence-electron chi connectivity index (χ4n) is 2.29. The van der Waals surface area contributed by atoms with Crippen LogP contribution in [0.1, 0.15) is 86.5 Å². The van der Waals surface area contributed by atoms with Crippen LogP contribution in [-0.2, 0) is 42.9 Å². The Bertz CT molecular complexity index is 959. The van der Waals surface area contributed by atoms with Crippen molar-refractivity contribution in [3.8, 4) is 0 Å². The standard InChI is InChI=1S/C12H22O2.C10H14O5.C6H10O2.C5H8O2/c1-4-5-6-7-8-9-10-14-12(13)11(2)3;1-7(9(12)13)3-4-8(2)10(14)15-6-5-11;1-4-8-6(7)5(2)3;1-4(2)5(6)7-3/h2,4-10H2,1,3H3;3,11H,2,4-6H2,1H3,(H,12,13);2,4H2,1,3H3;1H2,2-3H3. The Morgan fingerprint density at radius 1 is 0.659 bits per heavy atom. The highest BCUT2D eigenvalue weighted by molar-refractivity contribution is 5.89. The second-order valence-electron chi connectivity index (χ2n) is 9.32. The van der Waals surface area contributed by atoms with E-state index in [1.807, 2.05) is 0 Å². The van der Waals surface area contributed by atoms with Gasteiger partial charge in [-0.25, -0.2) is 24.0 Å². The van der Waals surface area contributed by atoms with Crippen molar-refractivity contribution in [2.45, 2.75) is 86.5 Å². The Morgan fingerprint density at radius 3 is 1.48 bits per heavy atom. The average Bonchev–Trinajstić information content (AvgIpc) is 2.98. The van der Waals surface area contributed by atoms with Crippen LogP contribution in [0.25, 0.3) is 0 Å². The lowest BCUT2D eigenvalue weighted by Gasteiger charge is -2.03. The minimum absolute atomic E-state index is 0.0838. The summed E-state index contributed by atoms with van der Waals surface area (Å²) in [7, 11) is 1.33. The van der Waals surface area contributed by atoms with Crippen molar-refractivity contribution in [3.63, 3.8) is 0 Å². The van der Waals surface area contributed by atoms with Gasteiger partial charge in [0, 0.05) is 27.9 Å². The topological polar surface area (TPSA) is 163 Å². The molecule has 0 saturated carbocycles. The molecule has 0 fully saturated rings. The number of carbonyl (C=O) groups excluding carboxylic acids is 4. The zero-order chi connectivity index (χ0) is 35.1. The van der Waals surface area contributed by atoms with Crippen LogP contribution in [0.4, 0.5) is 0 Å². The molecule has 0 aromatic rings.